The van der Waals surface area contributed by atoms with Crippen LogP contribution in [0.2, 0.25) is 0 Å². The first-order valence-corrected chi connectivity index (χ1v) is 6.41. The van der Waals surface area contributed by atoms with Gasteiger partial charge in [-0.15, -0.1) is 0 Å². The van der Waals surface area contributed by atoms with Crippen molar-refractivity contribution in [3.8, 4) is 5.82 Å². The molecule has 0 saturated carbocycles. The maximum absolute atomic E-state index is 10.9. The highest BCUT2D eigenvalue weighted by Crippen LogP contribution is 2.29. The van der Waals surface area contributed by atoms with E-state index in [-0.39, 0.29) is 5.69 Å². The summed E-state index contributed by atoms with van der Waals surface area (Å²) < 4.78 is 6.99. The fourth-order valence-corrected chi connectivity index (χ4v) is 2.76. The summed E-state index contributed by atoms with van der Waals surface area (Å²) in [5, 5.41) is 16.0. The Balaban J connectivity index is 2.27. The SMILES string of the molecule is Cc1cc(C)n(-c2nsc3ccc([N+](=O)[O-])cc23)n1. The molecule has 0 aliphatic rings. The summed E-state index contributed by atoms with van der Waals surface area (Å²) in [6.45, 7) is 3.84. The van der Waals surface area contributed by atoms with Crippen molar-refractivity contribution in [3.05, 3.63) is 45.8 Å². The first-order chi connectivity index (χ1) is 9.06. The summed E-state index contributed by atoms with van der Waals surface area (Å²) in [5.74, 6) is 0.648. The number of hydrogen-bond donors (Lipinski definition) is 0. The van der Waals surface area contributed by atoms with E-state index in [2.05, 4.69) is 9.47 Å². The molecule has 0 aliphatic heterocycles. The van der Waals surface area contributed by atoms with Crippen molar-refractivity contribution in [2.45, 2.75) is 13.8 Å². The number of nitro groups is 1. The molecule has 3 aromatic rings. The molecule has 19 heavy (non-hydrogen) atoms. The van der Waals surface area contributed by atoms with E-state index < -0.39 is 4.92 Å². The molecule has 3 rings (SSSR count). The Bertz CT molecular complexity index is 790. The van der Waals surface area contributed by atoms with Gasteiger partial charge >= 0.3 is 0 Å². The zero-order valence-corrected chi connectivity index (χ0v) is 11.1. The molecule has 0 N–H and O–H groups in total. The molecule has 7 heteroatoms. The minimum absolute atomic E-state index is 0.0653. The van der Waals surface area contributed by atoms with Crippen LogP contribution in [0, 0.1) is 24.0 Å². The third-order valence-corrected chi connectivity index (χ3v) is 3.67. The third-order valence-electron chi connectivity index (χ3n) is 2.86. The lowest BCUT2D eigenvalue weighted by molar-refractivity contribution is -0.384. The summed E-state index contributed by atoms with van der Waals surface area (Å²) in [6, 6.07) is 6.71. The van der Waals surface area contributed by atoms with Crippen molar-refractivity contribution in [3.63, 3.8) is 0 Å². The normalized spacial score (nSPS) is 11.1. The van der Waals surface area contributed by atoms with E-state index in [9.17, 15) is 10.1 Å². The Morgan fingerprint density at radius 3 is 2.74 bits per heavy atom. The van der Waals surface area contributed by atoms with E-state index >= 15 is 0 Å². The summed E-state index contributed by atoms with van der Waals surface area (Å²) in [5.41, 5.74) is 1.91. The van der Waals surface area contributed by atoms with Crippen molar-refractivity contribution >= 4 is 27.3 Å². The van der Waals surface area contributed by atoms with Crippen LogP contribution in [0.5, 0.6) is 0 Å². The van der Waals surface area contributed by atoms with Crippen LogP contribution in [0.25, 0.3) is 15.9 Å². The van der Waals surface area contributed by atoms with E-state index in [4.69, 9.17) is 0 Å². The van der Waals surface area contributed by atoms with Crippen molar-refractivity contribution < 1.29 is 4.92 Å². The standard InChI is InChI=1S/C12H10N4O2S/c1-7-5-8(2)15(13-7)12-10-6-9(16(17)18)3-4-11(10)19-14-12/h3-6H,1-2H3. The number of rotatable bonds is 2. The predicted molar refractivity (Wildman–Crippen MR) is 72.9 cm³/mol. The Morgan fingerprint density at radius 1 is 1.32 bits per heavy atom. The number of fused-ring (bicyclic) bond motifs is 1. The van der Waals surface area contributed by atoms with Crippen LogP contribution < -0.4 is 0 Å². The second-order valence-electron chi connectivity index (χ2n) is 4.28. The highest BCUT2D eigenvalue weighted by Gasteiger charge is 2.15. The number of nitrogens with zero attached hydrogens (tertiary/aromatic N) is 4. The third kappa shape index (κ3) is 1.88. The quantitative estimate of drug-likeness (QED) is 0.532. The predicted octanol–water partition coefficient (Wildman–Crippen LogP) is 3.01. The molecular weight excluding hydrogens is 264 g/mol. The van der Waals surface area contributed by atoms with Gasteiger partial charge in [0.05, 0.1) is 15.3 Å². The van der Waals surface area contributed by atoms with E-state index in [0.29, 0.717) is 5.82 Å². The summed E-state index contributed by atoms with van der Waals surface area (Å²) >= 11 is 1.31. The average molecular weight is 274 g/mol. The fraction of sp³-hybridized carbons (Fsp3) is 0.167. The van der Waals surface area contributed by atoms with Crippen LogP contribution in [0.1, 0.15) is 11.4 Å². The number of non-ortho nitro benzene ring substituents is 1. The van der Waals surface area contributed by atoms with Crippen molar-refractivity contribution in [1.82, 2.24) is 14.2 Å². The van der Waals surface area contributed by atoms with Gasteiger partial charge in [-0.25, -0.2) is 4.68 Å². The van der Waals surface area contributed by atoms with Crippen LogP contribution in [0.4, 0.5) is 5.69 Å². The maximum atomic E-state index is 10.9. The second-order valence-corrected chi connectivity index (χ2v) is 5.09. The molecular formula is C12H10N4O2S. The number of benzene rings is 1. The summed E-state index contributed by atoms with van der Waals surface area (Å²) in [4.78, 5) is 10.5. The topological polar surface area (TPSA) is 73.8 Å². The van der Waals surface area contributed by atoms with Gasteiger partial charge in [0.1, 0.15) is 0 Å². The van der Waals surface area contributed by atoms with Gasteiger partial charge in [0.15, 0.2) is 5.82 Å². The van der Waals surface area contributed by atoms with E-state index in [1.165, 1.54) is 17.6 Å². The molecule has 0 amide bonds. The van der Waals surface area contributed by atoms with E-state index in [0.717, 1.165) is 21.5 Å². The van der Waals surface area contributed by atoms with Crippen LogP contribution in [0.15, 0.2) is 24.3 Å². The molecule has 0 atom stereocenters. The van der Waals surface area contributed by atoms with Crippen LogP contribution in [0.3, 0.4) is 0 Å². The number of aromatic nitrogens is 3. The maximum Gasteiger partial charge on any atom is 0.270 e. The molecule has 1 aromatic carbocycles. The number of aryl methyl sites for hydroxylation is 2. The summed E-state index contributed by atoms with van der Waals surface area (Å²) in [7, 11) is 0. The molecule has 0 spiro atoms. The highest BCUT2D eigenvalue weighted by atomic mass is 32.1. The van der Waals surface area contributed by atoms with Crippen LogP contribution in [-0.4, -0.2) is 19.1 Å². The Kier molecular flexibility index (Phi) is 2.56. The lowest BCUT2D eigenvalue weighted by atomic mass is 10.2. The van der Waals surface area contributed by atoms with Gasteiger partial charge in [0.25, 0.3) is 5.69 Å². The molecule has 2 heterocycles. The Hall–Kier alpha value is -2.28. The van der Waals surface area contributed by atoms with E-state index in [1.54, 1.807) is 16.8 Å². The fourth-order valence-electron chi connectivity index (χ4n) is 2.02. The Morgan fingerprint density at radius 2 is 2.11 bits per heavy atom. The van der Waals surface area contributed by atoms with Crippen molar-refractivity contribution in [2.75, 3.05) is 0 Å². The van der Waals surface area contributed by atoms with Gasteiger partial charge in [0.2, 0.25) is 0 Å². The first kappa shape index (κ1) is 11.8. The highest BCUT2D eigenvalue weighted by molar-refractivity contribution is 7.13. The molecule has 6 nitrogen and oxygen atoms in total. The second kappa shape index (κ2) is 4.13. The minimum atomic E-state index is -0.401. The first-order valence-electron chi connectivity index (χ1n) is 5.64. The molecule has 0 aliphatic carbocycles. The molecule has 2 aromatic heterocycles. The molecule has 96 valence electrons. The van der Waals surface area contributed by atoms with Crippen molar-refractivity contribution in [2.24, 2.45) is 0 Å². The van der Waals surface area contributed by atoms with Crippen molar-refractivity contribution in [1.29, 1.82) is 0 Å². The smallest absolute Gasteiger partial charge is 0.258 e. The molecule has 0 radical (unpaired) electrons. The largest absolute Gasteiger partial charge is 0.270 e. The number of hydrogen-bond acceptors (Lipinski definition) is 5. The summed E-state index contributed by atoms with van der Waals surface area (Å²) in [6.07, 6.45) is 0. The van der Waals surface area contributed by atoms with Gasteiger partial charge in [0, 0.05) is 23.2 Å². The van der Waals surface area contributed by atoms with Gasteiger partial charge in [-0.1, -0.05) is 0 Å². The number of nitro benzene ring substituents is 1. The van der Waals surface area contributed by atoms with Gasteiger partial charge < -0.3 is 0 Å². The zero-order chi connectivity index (χ0) is 13.6. The molecule has 0 unspecified atom stereocenters. The van der Waals surface area contributed by atoms with E-state index in [1.807, 2.05) is 19.9 Å². The van der Waals surface area contributed by atoms with Crippen LogP contribution >= 0.6 is 11.5 Å². The Labute approximate surface area is 112 Å². The lowest BCUT2D eigenvalue weighted by Crippen LogP contribution is -1.99. The van der Waals surface area contributed by atoms with Crippen LogP contribution in [-0.2, 0) is 0 Å². The monoisotopic (exact) mass is 274 g/mol. The average Bonchev–Trinajstić information content (AvgIpc) is 2.91. The van der Waals surface area contributed by atoms with Gasteiger partial charge in [-0.05, 0) is 37.5 Å². The lowest BCUT2D eigenvalue weighted by Gasteiger charge is -2.00. The minimum Gasteiger partial charge on any atom is -0.258 e. The zero-order valence-electron chi connectivity index (χ0n) is 10.3. The molecule has 0 bridgehead atoms. The van der Waals surface area contributed by atoms with Gasteiger partial charge in [-0.2, -0.15) is 9.47 Å². The molecule has 0 fully saturated rings. The van der Waals surface area contributed by atoms with Gasteiger partial charge in [-0.3, -0.25) is 10.1 Å². The molecule has 0 saturated heterocycles.